The standard InChI is InChI=1S/C13H21N3O/c1-2-17-12-7-5-9-15-13(12)16-10-11-6-3-4-8-14-11/h5,7,9,11,14H,2-4,6,8,10H2,1H3,(H,15,16). The van der Waals surface area contributed by atoms with E-state index in [-0.39, 0.29) is 0 Å². The number of pyridine rings is 1. The molecule has 0 aromatic carbocycles. The molecule has 0 radical (unpaired) electrons. The molecule has 1 aliphatic heterocycles. The highest BCUT2D eigenvalue weighted by Gasteiger charge is 2.13. The molecule has 2 N–H and O–H groups in total. The Labute approximate surface area is 103 Å². The van der Waals surface area contributed by atoms with Crippen molar-refractivity contribution < 1.29 is 4.74 Å². The molecule has 1 unspecified atom stereocenters. The Morgan fingerprint density at radius 1 is 1.53 bits per heavy atom. The molecule has 1 fully saturated rings. The first kappa shape index (κ1) is 12.2. The van der Waals surface area contributed by atoms with Gasteiger partial charge in [-0.25, -0.2) is 4.98 Å². The fourth-order valence-corrected chi connectivity index (χ4v) is 2.11. The van der Waals surface area contributed by atoms with Gasteiger partial charge in [0.15, 0.2) is 11.6 Å². The van der Waals surface area contributed by atoms with Crippen LogP contribution in [0.3, 0.4) is 0 Å². The van der Waals surface area contributed by atoms with Crippen molar-refractivity contribution in [2.45, 2.75) is 32.2 Å². The molecule has 0 spiro atoms. The first-order chi connectivity index (χ1) is 8.40. The van der Waals surface area contributed by atoms with Gasteiger partial charge in [0.1, 0.15) is 0 Å². The van der Waals surface area contributed by atoms with Crippen molar-refractivity contribution >= 4 is 5.82 Å². The molecule has 0 amide bonds. The van der Waals surface area contributed by atoms with E-state index < -0.39 is 0 Å². The average molecular weight is 235 g/mol. The minimum atomic E-state index is 0.556. The van der Waals surface area contributed by atoms with Crippen molar-refractivity contribution in [3.8, 4) is 5.75 Å². The SMILES string of the molecule is CCOc1cccnc1NCC1CCCCN1. The molecule has 17 heavy (non-hydrogen) atoms. The van der Waals surface area contributed by atoms with Crippen LogP contribution in [0.4, 0.5) is 5.82 Å². The summed E-state index contributed by atoms with van der Waals surface area (Å²) in [5.41, 5.74) is 0. The normalized spacial score (nSPS) is 19.9. The van der Waals surface area contributed by atoms with Crippen LogP contribution in [0.5, 0.6) is 5.75 Å². The monoisotopic (exact) mass is 235 g/mol. The summed E-state index contributed by atoms with van der Waals surface area (Å²) in [6.45, 7) is 4.70. The molecule has 2 heterocycles. The molecule has 4 heteroatoms. The lowest BCUT2D eigenvalue weighted by Gasteiger charge is -2.24. The van der Waals surface area contributed by atoms with E-state index in [9.17, 15) is 0 Å². The van der Waals surface area contributed by atoms with Crippen molar-refractivity contribution in [3.05, 3.63) is 18.3 Å². The molecule has 94 valence electrons. The maximum atomic E-state index is 5.53. The maximum absolute atomic E-state index is 5.53. The average Bonchev–Trinajstić information content (AvgIpc) is 2.39. The lowest BCUT2D eigenvalue weighted by Crippen LogP contribution is -2.39. The first-order valence-corrected chi connectivity index (χ1v) is 6.45. The zero-order valence-corrected chi connectivity index (χ0v) is 10.4. The van der Waals surface area contributed by atoms with Crippen LogP contribution >= 0.6 is 0 Å². The van der Waals surface area contributed by atoms with Gasteiger partial charge in [0.05, 0.1) is 6.61 Å². The summed E-state index contributed by atoms with van der Waals surface area (Å²) >= 11 is 0. The molecule has 1 saturated heterocycles. The van der Waals surface area contributed by atoms with Gasteiger partial charge in [0.2, 0.25) is 0 Å². The summed E-state index contributed by atoms with van der Waals surface area (Å²) in [5, 5.41) is 6.88. The molecule has 2 rings (SSSR count). The van der Waals surface area contributed by atoms with E-state index in [1.807, 2.05) is 19.1 Å². The quantitative estimate of drug-likeness (QED) is 0.820. The van der Waals surface area contributed by atoms with Gasteiger partial charge in [0, 0.05) is 18.8 Å². The molecule has 0 saturated carbocycles. The zero-order valence-electron chi connectivity index (χ0n) is 10.4. The third-order valence-electron chi connectivity index (χ3n) is 3.00. The van der Waals surface area contributed by atoms with Gasteiger partial charge in [0.25, 0.3) is 0 Å². The summed E-state index contributed by atoms with van der Waals surface area (Å²) < 4.78 is 5.53. The molecule has 1 aromatic heterocycles. The highest BCUT2D eigenvalue weighted by Crippen LogP contribution is 2.21. The third-order valence-corrected chi connectivity index (χ3v) is 3.00. The number of hydrogen-bond acceptors (Lipinski definition) is 4. The third kappa shape index (κ3) is 3.60. The predicted octanol–water partition coefficient (Wildman–Crippen LogP) is 2.03. The molecule has 0 bridgehead atoms. The van der Waals surface area contributed by atoms with Gasteiger partial charge in [-0.1, -0.05) is 6.42 Å². The highest BCUT2D eigenvalue weighted by atomic mass is 16.5. The molecule has 1 atom stereocenters. The summed E-state index contributed by atoms with van der Waals surface area (Å²) in [7, 11) is 0. The van der Waals surface area contributed by atoms with Gasteiger partial charge >= 0.3 is 0 Å². The second kappa shape index (κ2) is 6.45. The van der Waals surface area contributed by atoms with Gasteiger partial charge in [-0.15, -0.1) is 0 Å². The largest absolute Gasteiger partial charge is 0.490 e. The van der Waals surface area contributed by atoms with Crippen molar-refractivity contribution in [1.82, 2.24) is 10.3 Å². The van der Waals surface area contributed by atoms with E-state index in [1.54, 1.807) is 6.20 Å². The summed E-state index contributed by atoms with van der Waals surface area (Å²) in [4.78, 5) is 4.32. The lowest BCUT2D eigenvalue weighted by molar-refractivity contribution is 0.340. The van der Waals surface area contributed by atoms with E-state index in [1.165, 1.54) is 19.3 Å². The zero-order chi connectivity index (χ0) is 11.9. The van der Waals surface area contributed by atoms with Crippen LogP contribution in [0.1, 0.15) is 26.2 Å². The van der Waals surface area contributed by atoms with Gasteiger partial charge in [-0.2, -0.15) is 0 Å². The van der Waals surface area contributed by atoms with Gasteiger partial charge < -0.3 is 15.4 Å². The highest BCUT2D eigenvalue weighted by molar-refractivity contribution is 5.49. The van der Waals surface area contributed by atoms with E-state index in [0.717, 1.165) is 24.7 Å². The summed E-state index contributed by atoms with van der Waals surface area (Å²) in [6, 6.07) is 4.41. The van der Waals surface area contributed by atoms with Crippen LogP contribution in [0.15, 0.2) is 18.3 Å². The molecule has 1 aliphatic rings. The number of nitrogens with zero attached hydrogens (tertiary/aromatic N) is 1. The Morgan fingerprint density at radius 3 is 3.24 bits per heavy atom. The second-order valence-electron chi connectivity index (χ2n) is 4.31. The molecular weight excluding hydrogens is 214 g/mol. The smallest absolute Gasteiger partial charge is 0.168 e. The van der Waals surface area contributed by atoms with E-state index in [0.29, 0.717) is 12.6 Å². The molecule has 4 nitrogen and oxygen atoms in total. The molecule has 1 aromatic rings. The number of anilines is 1. The van der Waals surface area contributed by atoms with Gasteiger partial charge in [-0.3, -0.25) is 0 Å². The summed E-state index contributed by atoms with van der Waals surface area (Å²) in [6.07, 6.45) is 5.65. The fourth-order valence-electron chi connectivity index (χ4n) is 2.11. The molecular formula is C13H21N3O. The van der Waals surface area contributed by atoms with Crippen molar-refractivity contribution in [3.63, 3.8) is 0 Å². The number of piperidine rings is 1. The van der Waals surface area contributed by atoms with E-state index in [2.05, 4.69) is 15.6 Å². The lowest BCUT2D eigenvalue weighted by atomic mass is 10.1. The van der Waals surface area contributed by atoms with Crippen LogP contribution in [-0.2, 0) is 0 Å². The van der Waals surface area contributed by atoms with Crippen molar-refractivity contribution in [2.24, 2.45) is 0 Å². The number of aromatic nitrogens is 1. The topological polar surface area (TPSA) is 46.2 Å². The van der Waals surface area contributed by atoms with Crippen LogP contribution in [0.25, 0.3) is 0 Å². The second-order valence-corrected chi connectivity index (χ2v) is 4.31. The number of rotatable bonds is 5. The number of hydrogen-bond donors (Lipinski definition) is 2. The Hall–Kier alpha value is -1.29. The fraction of sp³-hybridized carbons (Fsp3) is 0.615. The minimum absolute atomic E-state index is 0.556. The maximum Gasteiger partial charge on any atom is 0.168 e. The number of ether oxygens (including phenoxy) is 1. The van der Waals surface area contributed by atoms with Crippen LogP contribution < -0.4 is 15.4 Å². The summed E-state index contributed by atoms with van der Waals surface area (Å²) in [5.74, 6) is 1.69. The number of nitrogens with one attached hydrogen (secondary N) is 2. The first-order valence-electron chi connectivity index (χ1n) is 6.45. The van der Waals surface area contributed by atoms with Crippen molar-refractivity contribution in [2.75, 3.05) is 25.0 Å². The Bertz CT molecular complexity index is 337. The van der Waals surface area contributed by atoms with E-state index >= 15 is 0 Å². The van der Waals surface area contributed by atoms with Crippen LogP contribution in [-0.4, -0.2) is 30.7 Å². The molecule has 0 aliphatic carbocycles. The van der Waals surface area contributed by atoms with Crippen molar-refractivity contribution in [1.29, 1.82) is 0 Å². The van der Waals surface area contributed by atoms with Crippen LogP contribution in [0.2, 0.25) is 0 Å². The van der Waals surface area contributed by atoms with E-state index in [4.69, 9.17) is 4.74 Å². The van der Waals surface area contributed by atoms with Gasteiger partial charge in [-0.05, 0) is 38.4 Å². The van der Waals surface area contributed by atoms with Crippen LogP contribution in [0, 0.1) is 0 Å². The minimum Gasteiger partial charge on any atom is -0.490 e. The Kier molecular flexibility index (Phi) is 4.62. The Balaban J connectivity index is 1.88. The Morgan fingerprint density at radius 2 is 2.47 bits per heavy atom. The predicted molar refractivity (Wildman–Crippen MR) is 69.5 cm³/mol.